The molecule has 4 bridgehead atoms. The van der Waals surface area contributed by atoms with Crippen LogP contribution < -0.4 is 0 Å². The van der Waals surface area contributed by atoms with Gasteiger partial charge < -0.3 is 18.9 Å². The molecule has 4 aliphatic carbocycles. The SMILES string of the molecule is C=CC.C=CC1(C)CC[C@H]2C(C)(C)[C@@H]3C=C(I)[C@]2(OC3=O)[C@H]1C(=O)OC.C=CC1=C[C@@H]2C(=O)O[C@]13[C@@H](C(=O)OC)C(C)(C=C)CC[C@H]3C2(C)C. The predicted octanol–water partition coefficient (Wildman–Crippen LogP) is 8.28. The molecular formula is C41H55IO8. The average Bonchev–Trinajstić information content (AvgIpc) is 3.05. The Morgan fingerprint density at radius 3 is 1.54 bits per heavy atom. The highest BCUT2D eigenvalue weighted by Gasteiger charge is 2.73. The number of hydrogen-bond acceptors (Lipinski definition) is 8. The third kappa shape index (κ3) is 5.42. The summed E-state index contributed by atoms with van der Waals surface area (Å²) in [5.74, 6) is -2.77. The lowest BCUT2D eigenvalue weighted by Crippen LogP contribution is -2.70. The molecule has 0 N–H and O–H groups in total. The Labute approximate surface area is 312 Å². The minimum atomic E-state index is -1.02. The molecule has 8 rings (SSSR count). The summed E-state index contributed by atoms with van der Waals surface area (Å²) < 4.78 is 23.2. The molecule has 8 aliphatic rings. The maximum atomic E-state index is 12.8. The first-order chi connectivity index (χ1) is 23.2. The van der Waals surface area contributed by atoms with Gasteiger partial charge in [0, 0.05) is 26.2 Å². The molecule has 2 saturated heterocycles. The average molecular weight is 803 g/mol. The lowest BCUT2D eigenvalue weighted by atomic mass is 9.44. The van der Waals surface area contributed by atoms with Gasteiger partial charge >= 0.3 is 23.9 Å². The van der Waals surface area contributed by atoms with Crippen molar-refractivity contribution in [1.82, 2.24) is 0 Å². The number of rotatable bonds is 5. The van der Waals surface area contributed by atoms with Crippen molar-refractivity contribution in [3.63, 3.8) is 0 Å². The normalized spacial score (nSPS) is 40.8. The van der Waals surface area contributed by atoms with Gasteiger partial charge in [0.25, 0.3) is 0 Å². The van der Waals surface area contributed by atoms with E-state index in [1.807, 2.05) is 45.1 Å². The minimum Gasteiger partial charge on any atom is -0.469 e. The van der Waals surface area contributed by atoms with E-state index in [1.54, 1.807) is 12.2 Å². The van der Waals surface area contributed by atoms with Gasteiger partial charge in [-0.15, -0.1) is 19.7 Å². The second-order valence-electron chi connectivity index (χ2n) is 16.3. The molecule has 10 atom stereocenters. The number of esters is 4. The number of hydrogen-bond donors (Lipinski definition) is 0. The number of allylic oxidation sites excluding steroid dienone is 3. The third-order valence-corrected chi connectivity index (χ3v) is 14.3. The number of ether oxygens (including phenoxy) is 4. The molecule has 0 radical (unpaired) electrons. The van der Waals surface area contributed by atoms with Crippen LogP contribution in [0.3, 0.4) is 0 Å². The standard InChI is InChI=1S/C20H26O4.C18H23IO4.C3H6/c1-7-12-11-13-16(21)24-20(12)14(18(13,3)4)9-10-19(5,8-2)15(20)17(22)23-6;1-6-17(4)8-7-11-16(2,3)10-9-12(19)18(11,23-14(10)20)13(17)15(21)22-5;1-3-2/h7-8,11,13-15H,1-2,9-10H2,3-6H3;6,9-11,13H,1,7-8H2,2-5H3;3H,1H2,2H3/t13-,14+,15+,19?,20-;10-,11+,13+,17?,18+;/m11./s1. The van der Waals surface area contributed by atoms with Gasteiger partial charge in [0.1, 0.15) is 11.8 Å². The van der Waals surface area contributed by atoms with Gasteiger partial charge in [0.05, 0.1) is 26.1 Å². The Kier molecular flexibility index (Phi) is 10.8. The summed E-state index contributed by atoms with van der Waals surface area (Å²) >= 11 is 2.24. The second-order valence-corrected chi connectivity index (χ2v) is 17.5. The van der Waals surface area contributed by atoms with E-state index in [1.165, 1.54) is 14.2 Å². The molecule has 2 saturated carbocycles. The molecule has 2 unspecified atom stereocenters. The summed E-state index contributed by atoms with van der Waals surface area (Å²) in [7, 11) is 2.77. The van der Waals surface area contributed by atoms with E-state index in [0.29, 0.717) is 0 Å². The molecule has 50 heavy (non-hydrogen) atoms. The van der Waals surface area contributed by atoms with Crippen LogP contribution in [0.1, 0.15) is 74.1 Å². The largest absolute Gasteiger partial charge is 0.469 e. The van der Waals surface area contributed by atoms with Gasteiger partial charge in [0.2, 0.25) is 0 Å². The van der Waals surface area contributed by atoms with Crippen molar-refractivity contribution in [2.24, 2.45) is 57.2 Å². The molecule has 4 heterocycles. The number of carbonyl (C=O) groups excluding carboxylic acids is 4. The smallest absolute Gasteiger partial charge is 0.314 e. The highest BCUT2D eigenvalue weighted by molar-refractivity contribution is 14.1. The number of carbonyl (C=O) groups is 4. The summed E-state index contributed by atoms with van der Waals surface area (Å²) in [4.78, 5) is 50.8. The molecule has 4 aliphatic heterocycles. The Morgan fingerprint density at radius 2 is 1.14 bits per heavy atom. The predicted molar refractivity (Wildman–Crippen MR) is 202 cm³/mol. The fourth-order valence-electron chi connectivity index (χ4n) is 10.3. The Bertz CT molecular complexity index is 1550. The number of methoxy groups -OCH3 is 2. The van der Waals surface area contributed by atoms with Gasteiger partial charge in [-0.05, 0) is 71.6 Å². The second kappa shape index (κ2) is 13.6. The number of fused-ring (bicyclic) bond motifs is 2. The van der Waals surface area contributed by atoms with Crippen LogP contribution in [0.15, 0.2) is 71.9 Å². The van der Waals surface area contributed by atoms with Crippen molar-refractivity contribution in [3.05, 3.63) is 71.9 Å². The first-order valence-corrected chi connectivity index (χ1v) is 18.5. The number of halogens is 1. The van der Waals surface area contributed by atoms with Gasteiger partial charge in [-0.2, -0.15) is 0 Å². The fraction of sp³-hybridized carbons (Fsp3) is 0.610. The van der Waals surface area contributed by atoms with Crippen molar-refractivity contribution in [3.8, 4) is 0 Å². The summed E-state index contributed by atoms with van der Waals surface area (Å²) in [5, 5.41) is 0. The molecule has 2 spiro atoms. The van der Waals surface area contributed by atoms with Crippen LogP contribution in [0.25, 0.3) is 0 Å². The molecule has 0 amide bonds. The van der Waals surface area contributed by atoms with E-state index in [-0.39, 0.29) is 58.4 Å². The zero-order valence-electron chi connectivity index (χ0n) is 31.2. The summed E-state index contributed by atoms with van der Waals surface area (Å²) in [6, 6.07) is 0. The molecule has 0 aromatic heterocycles. The van der Waals surface area contributed by atoms with E-state index in [0.717, 1.165) is 34.8 Å². The van der Waals surface area contributed by atoms with Crippen molar-refractivity contribution in [1.29, 1.82) is 0 Å². The van der Waals surface area contributed by atoms with E-state index in [2.05, 4.69) is 76.6 Å². The van der Waals surface area contributed by atoms with Crippen molar-refractivity contribution >= 4 is 46.5 Å². The Hall–Kier alpha value is -2.95. The van der Waals surface area contributed by atoms with Gasteiger partial charge in [-0.25, -0.2) is 0 Å². The molecule has 0 aromatic rings. The molecular weight excluding hydrogens is 747 g/mol. The molecule has 4 fully saturated rings. The van der Waals surface area contributed by atoms with Crippen molar-refractivity contribution in [2.45, 2.75) is 85.4 Å². The van der Waals surface area contributed by atoms with Crippen LogP contribution in [0.2, 0.25) is 0 Å². The van der Waals surface area contributed by atoms with Crippen LogP contribution in [0, 0.1) is 57.2 Å². The van der Waals surface area contributed by atoms with Crippen molar-refractivity contribution < 1.29 is 38.1 Å². The van der Waals surface area contributed by atoms with Crippen LogP contribution in [-0.4, -0.2) is 49.3 Å². The molecule has 8 nitrogen and oxygen atoms in total. The topological polar surface area (TPSA) is 105 Å². The minimum absolute atomic E-state index is 0.0443. The zero-order chi connectivity index (χ0) is 37.8. The van der Waals surface area contributed by atoms with Gasteiger partial charge in [-0.3, -0.25) is 19.2 Å². The Balaban J connectivity index is 0.000000209. The van der Waals surface area contributed by atoms with Crippen LogP contribution in [0.5, 0.6) is 0 Å². The van der Waals surface area contributed by atoms with Crippen LogP contribution in [0.4, 0.5) is 0 Å². The summed E-state index contributed by atoms with van der Waals surface area (Å²) in [6.07, 6.45) is 14.4. The van der Waals surface area contributed by atoms with E-state index in [9.17, 15) is 19.2 Å². The Morgan fingerprint density at radius 1 is 0.760 bits per heavy atom. The monoisotopic (exact) mass is 802 g/mol. The third-order valence-electron chi connectivity index (χ3n) is 13.1. The van der Waals surface area contributed by atoms with E-state index >= 15 is 0 Å². The van der Waals surface area contributed by atoms with Crippen molar-refractivity contribution in [2.75, 3.05) is 14.2 Å². The van der Waals surface area contributed by atoms with Gasteiger partial charge in [-0.1, -0.05) is 84.6 Å². The first-order valence-electron chi connectivity index (χ1n) is 17.4. The maximum Gasteiger partial charge on any atom is 0.314 e. The quantitative estimate of drug-likeness (QED) is 0.118. The molecule has 0 aromatic carbocycles. The summed E-state index contributed by atoms with van der Waals surface area (Å²) in [5.41, 5.74) is -2.61. The van der Waals surface area contributed by atoms with Crippen LogP contribution >= 0.6 is 22.6 Å². The zero-order valence-corrected chi connectivity index (χ0v) is 33.4. The lowest BCUT2D eigenvalue weighted by Gasteiger charge is -2.64. The van der Waals surface area contributed by atoms with E-state index in [4.69, 9.17) is 18.9 Å². The molecule has 274 valence electrons. The maximum absolute atomic E-state index is 12.8. The van der Waals surface area contributed by atoms with E-state index < -0.39 is 33.9 Å². The molecule has 9 heteroatoms. The highest BCUT2D eigenvalue weighted by Crippen LogP contribution is 2.68. The lowest BCUT2D eigenvalue weighted by molar-refractivity contribution is -0.234. The fourth-order valence-corrected chi connectivity index (χ4v) is 11.5. The van der Waals surface area contributed by atoms with Crippen LogP contribution in [-0.2, 0) is 38.1 Å². The first kappa shape index (κ1) is 39.8. The van der Waals surface area contributed by atoms with Gasteiger partial charge in [0.15, 0.2) is 11.2 Å². The highest BCUT2D eigenvalue weighted by atomic mass is 127. The summed E-state index contributed by atoms with van der Waals surface area (Å²) in [6.45, 7) is 29.5.